The molecule has 54 valence electrons. The molecule has 0 amide bonds. The summed E-state index contributed by atoms with van der Waals surface area (Å²) < 4.78 is 0. The van der Waals surface area contributed by atoms with E-state index >= 15 is 0 Å². The molecule has 0 atom stereocenters. The second-order valence-electron chi connectivity index (χ2n) is 3.67. The molecule has 1 aromatic heterocycles. The van der Waals surface area contributed by atoms with Crippen molar-refractivity contribution in [2.75, 3.05) is 0 Å². The molecule has 0 aliphatic heterocycles. The Labute approximate surface area is 62.4 Å². The van der Waals surface area contributed by atoms with Gasteiger partial charge in [0.1, 0.15) is 0 Å². The second-order valence-corrected chi connectivity index (χ2v) is 3.67. The molecule has 0 aliphatic carbocycles. The van der Waals surface area contributed by atoms with E-state index in [1.54, 1.807) is 0 Å². The lowest BCUT2D eigenvalue weighted by atomic mass is 9.91. The molecule has 0 bridgehead atoms. The van der Waals surface area contributed by atoms with Crippen LogP contribution in [0.2, 0.25) is 0 Å². The van der Waals surface area contributed by atoms with Gasteiger partial charge in [-0.2, -0.15) is 5.10 Å². The predicted octanol–water partition coefficient (Wildman–Crippen LogP) is -0.0344. The van der Waals surface area contributed by atoms with Crippen LogP contribution >= 0.6 is 0 Å². The van der Waals surface area contributed by atoms with Crippen LogP contribution in [0, 0.1) is 0 Å². The van der Waals surface area contributed by atoms with Gasteiger partial charge in [-0.15, -0.1) is 0 Å². The van der Waals surface area contributed by atoms with Crippen molar-refractivity contribution in [2.45, 2.75) is 26.2 Å². The Morgan fingerprint density at radius 3 is 2.30 bits per heavy atom. The van der Waals surface area contributed by atoms with Crippen molar-refractivity contribution >= 4 is 13.4 Å². The van der Waals surface area contributed by atoms with Gasteiger partial charge in [0.05, 0.1) is 0 Å². The maximum atomic E-state index is 4.06. The van der Waals surface area contributed by atoms with Crippen LogP contribution < -0.4 is 5.59 Å². The lowest BCUT2D eigenvalue weighted by Crippen LogP contribution is -2.11. The van der Waals surface area contributed by atoms with Crippen molar-refractivity contribution in [1.82, 2.24) is 10.2 Å². The number of H-pyrrole nitrogens is 1. The first-order chi connectivity index (χ1) is 4.50. The first-order valence-electron chi connectivity index (χ1n) is 3.52. The zero-order valence-electron chi connectivity index (χ0n) is 7.02. The molecule has 1 rings (SSSR count). The third-order valence-corrected chi connectivity index (χ3v) is 1.51. The van der Waals surface area contributed by atoms with Crippen molar-refractivity contribution in [3.8, 4) is 0 Å². The summed E-state index contributed by atoms with van der Waals surface area (Å²) in [5.74, 6) is 0. The fourth-order valence-electron chi connectivity index (χ4n) is 0.806. The Hall–Kier alpha value is -0.725. The summed E-state index contributed by atoms with van der Waals surface area (Å²) in [6, 6.07) is 2.08. The van der Waals surface area contributed by atoms with E-state index in [0.717, 1.165) is 5.59 Å². The predicted molar refractivity (Wildman–Crippen MR) is 45.5 cm³/mol. The molecule has 0 aliphatic rings. The van der Waals surface area contributed by atoms with Gasteiger partial charge in [-0.25, -0.2) is 0 Å². The maximum Gasteiger partial charge on any atom is 0.166 e. The molecular weight excluding hydrogens is 123 g/mol. The lowest BCUT2D eigenvalue weighted by Gasteiger charge is -2.14. The highest BCUT2D eigenvalue weighted by atomic mass is 15.1. The van der Waals surface area contributed by atoms with Crippen LogP contribution in [0.1, 0.15) is 26.5 Å². The molecule has 0 aromatic carbocycles. The van der Waals surface area contributed by atoms with E-state index in [1.165, 1.54) is 5.69 Å². The lowest BCUT2D eigenvalue weighted by molar-refractivity contribution is 0.567. The molecule has 0 unspecified atom stereocenters. The molecular formula is C7H13BN2. The summed E-state index contributed by atoms with van der Waals surface area (Å²) in [6.07, 6.45) is 0. The number of rotatable bonds is 0. The highest BCUT2D eigenvalue weighted by Crippen LogP contribution is 2.17. The van der Waals surface area contributed by atoms with Gasteiger partial charge < -0.3 is 0 Å². The smallest absolute Gasteiger partial charge is 0.166 e. The van der Waals surface area contributed by atoms with E-state index in [2.05, 4.69) is 37.0 Å². The number of hydrogen-bond acceptors (Lipinski definition) is 1. The van der Waals surface area contributed by atoms with Gasteiger partial charge in [-0.05, 0) is 6.07 Å². The molecule has 3 heteroatoms. The number of hydrogen-bond donors (Lipinski definition) is 1. The van der Waals surface area contributed by atoms with Gasteiger partial charge in [-0.3, -0.25) is 5.10 Å². The Morgan fingerprint density at radius 1 is 1.50 bits per heavy atom. The molecule has 0 saturated carbocycles. The van der Waals surface area contributed by atoms with Gasteiger partial charge >= 0.3 is 0 Å². The fourth-order valence-corrected chi connectivity index (χ4v) is 0.806. The molecule has 0 radical (unpaired) electrons. The minimum Gasteiger partial charge on any atom is -0.283 e. The molecule has 0 fully saturated rings. The molecule has 1 aromatic rings. The Balaban J connectivity index is 2.96. The van der Waals surface area contributed by atoms with Crippen molar-refractivity contribution in [3.63, 3.8) is 0 Å². The highest BCUT2D eigenvalue weighted by Gasteiger charge is 2.14. The Kier molecular flexibility index (Phi) is 1.59. The van der Waals surface area contributed by atoms with E-state index in [0.29, 0.717) is 0 Å². The third kappa shape index (κ3) is 1.41. The highest BCUT2D eigenvalue weighted by molar-refractivity contribution is 6.30. The van der Waals surface area contributed by atoms with E-state index in [4.69, 9.17) is 0 Å². The maximum absolute atomic E-state index is 4.06. The number of aromatic amines is 1. The van der Waals surface area contributed by atoms with Crippen LogP contribution in [0.15, 0.2) is 6.07 Å². The molecule has 10 heavy (non-hydrogen) atoms. The Bertz CT molecular complexity index is 222. The standard InChI is InChI=1S/C7H13BN2/c1-7(2,3)5-4-6(8)10-9-5/h4H,8H2,1-3H3,(H,9,10). The van der Waals surface area contributed by atoms with E-state index in [9.17, 15) is 0 Å². The van der Waals surface area contributed by atoms with Crippen molar-refractivity contribution < 1.29 is 0 Å². The fraction of sp³-hybridized carbons (Fsp3) is 0.571. The first kappa shape index (κ1) is 7.38. The number of nitrogens with zero attached hydrogens (tertiary/aromatic N) is 1. The SMILES string of the molecule is Bc1cc(C(C)(C)C)[nH]n1. The van der Waals surface area contributed by atoms with Crippen LogP contribution in [0.4, 0.5) is 0 Å². The third-order valence-electron chi connectivity index (χ3n) is 1.51. The largest absolute Gasteiger partial charge is 0.283 e. The van der Waals surface area contributed by atoms with Crippen LogP contribution in [-0.4, -0.2) is 18.0 Å². The summed E-state index contributed by atoms with van der Waals surface area (Å²) in [7, 11) is 1.99. The number of aromatic nitrogens is 2. The summed E-state index contributed by atoms with van der Waals surface area (Å²) in [4.78, 5) is 0. The zero-order valence-corrected chi connectivity index (χ0v) is 7.02. The monoisotopic (exact) mass is 136 g/mol. The quantitative estimate of drug-likeness (QED) is 0.498. The molecule has 1 heterocycles. The topological polar surface area (TPSA) is 28.7 Å². The summed E-state index contributed by atoms with van der Waals surface area (Å²) in [5, 5.41) is 7.05. The van der Waals surface area contributed by atoms with Gasteiger partial charge in [0.25, 0.3) is 0 Å². The van der Waals surface area contributed by atoms with E-state index in [-0.39, 0.29) is 5.41 Å². The molecule has 2 nitrogen and oxygen atoms in total. The van der Waals surface area contributed by atoms with E-state index in [1.807, 2.05) is 7.85 Å². The Morgan fingerprint density at radius 2 is 2.10 bits per heavy atom. The number of nitrogens with one attached hydrogen (secondary N) is 1. The van der Waals surface area contributed by atoms with Crippen LogP contribution in [0.3, 0.4) is 0 Å². The van der Waals surface area contributed by atoms with Gasteiger partial charge in [-0.1, -0.05) is 20.8 Å². The summed E-state index contributed by atoms with van der Waals surface area (Å²) in [5.41, 5.74) is 2.45. The van der Waals surface area contributed by atoms with Crippen molar-refractivity contribution in [3.05, 3.63) is 11.8 Å². The molecule has 0 saturated heterocycles. The zero-order chi connectivity index (χ0) is 7.78. The summed E-state index contributed by atoms with van der Waals surface area (Å²) in [6.45, 7) is 6.50. The molecule has 1 N–H and O–H groups in total. The molecule has 0 spiro atoms. The van der Waals surface area contributed by atoms with Crippen LogP contribution in [0.5, 0.6) is 0 Å². The normalized spacial score (nSPS) is 11.9. The van der Waals surface area contributed by atoms with Gasteiger partial charge in [0.2, 0.25) is 0 Å². The summed E-state index contributed by atoms with van der Waals surface area (Å²) >= 11 is 0. The van der Waals surface area contributed by atoms with Crippen molar-refractivity contribution in [2.24, 2.45) is 0 Å². The average molecular weight is 136 g/mol. The van der Waals surface area contributed by atoms with E-state index < -0.39 is 0 Å². The van der Waals surface area contributed by atoms with Crippen molar-refractivity contribution in [1.29, 1.82) is 0 Å². The van der Waals surface area contributed by atoms with Gasteiger partial charge in [0.15, 0.2) is 7.85 Å². The minimum absolute atomic E-state index is 0.196. The average Bonchev–Trinajstić information content (AvgIpc) is 2.11. The van der Waals surface area contributed by atoms with Gasteiger partial charge in [0, 0.05) is 16.7 Å². The first-order valence-corrected chi connectivity index (χ1v) is 3.52. The second kappa shape index (κ2) is 2.15. The minimum atomic E-state index is 0.196. The van der Waals surface area contributed by atoms with Crippen LogP contribution in [0.25, 0.3) is 0 Å². The van der Waals surface area contributed by atoms with Crippen LogP contribution in [-0.2, 0) is 5.41 Å².